The zero-order chi connectivity index (χ0) is 21.8. The van der Waals surface area contributed by atoms with Crippen LogP contribution in [-0.4, -0.2) is 51.2 Å². The van der Waals surface area contributed by atoms with Crippen LogP contribution in [0.1, 0.15) is 44.7 Å². The molecule has 0 radical (unpaired) electrons. The van der Waals surface area contributed by atoms with Gasteiger partial charge in [0.15, 0.2) is 0 Å². The Bertz CT molecular complexity index is 1040. The molecule has 10 heteroatoms. The minimum Gasteiger partial charge on any atom is -0.381 e. The Kier molecular flexibility index (Phi) is 6.59. The molecule has 0 saturated carbocycles. The molecule has 0 aromatic carbocycles. The predicted octanol–water partition coefficient (Wildman–Crippen LogP) is 2.36. The lowest BCUT2D eigenvalue weighted by Gasteiger charge is -2.23. The van der Waals surface area contributed by atoms with Gasteiger partial charge in [-0.3, -0.25) is 9.36 Å². The molecular weight excluding hydrogens is 414 g/mol. The van der Waals surface area contributed by atoms with Crippen LogP contribution < -0.4 is 16.4 Å². The molecule has 9 nitrogen and oxygen atoms in total. The maximum Gasteiger partial charge on any atom is 0.272 e. The van der Waals surface area contributed by atoms with Crippen molar-refractivity contribution in [1.29, 1.82) is 0 Å². The SMILES string of the molecule is Cc1ccc(C(CN)NC(=O)c2cn(-c3nc(NC4CCOCC4)ncc3C)cn2)s1. The number of rotatable bonds is 7. The number of hydrogen-bond acceptors (Lipinski definition) is 8. The molecule has 4 heterocycles. The second-order valence-corrected chi connectivity index (χ2v) is 8.93. The highest BCUT2D eigenvalue weighted by Gasteiger charge is 2.19. The van der Waals surface area contributed by atoms with E-state index in [-0.39, 0.29) is 11.9 Å². The van der Waals surface area contributed by atoms with Crippen molar-refractivity contribution in [2.45, 2.75) is 38.8 Å². The summed E-state index contributed by atoms with van der Waals surface area (Å²) >= 11 is 1.63. The Hall–Kier alpha value is -2.82. The molecule has 3 aromatic heterocycles. The van der Waals surface area contributed by atoms with Crippen molar-refractivity contribution in [3.05, 3.63) is 51.9 Å². The summed E-state index contributed by atoms with van der Waals surface area (Å²) in [5, 5.41) is 6.34. The van der Waals surface area contributed by atoms with Gasteiger partial charge in [-0.15, -0.1) is 11.3 Å². The van der Waals surface area contributed by atoms with E-state index >= 15 is 0 Å². The molecule has 0 aliphatic carbocycles. The van der Waals surface area contributed by atoms with Gasteiger partial charge in [-0.2, -0.15) is 4.98 Å². The molecule has 1 aliphatic rings. The molecule has 1 saturated heterocycles. The standard InChI is InChI=1S/C21H27N7O2S/c1-13-10-23-21(25-15-5-7-30-8-6-15)27-19(13)28-11-17(24-12-28)20(29)26-16(9-22)18-4-3-14(2)31-18/h3-4,10-12,15-16H,5-9,22H2,1-2H3,(H,26,29)(H,23,25,27). The Morgan fingerprint density at radius 2 is 2.13 bits per heavy atom. The lowest BCUT2D eigenvalue weighted by atomic mass is 10.1. The van der Waals surface area contributed by atoms with E-state index in [2.05, 4.69) is 25.6 Å². The normalized spacial score (nSPS) is 15.6. The number of imidazole rings is 1. The van der Waals surface area contributed by atoms with Crippen molar-refractivity contribution in [1.82, 2.24) is 24.8 Å². The summed E-state index contributed by atoms with van der Waals surface area (Å²) in [7, 11) is 0. The third-order valence-electron chi connectivity index (χ3n) is 5.20. The smallest absolute Gasteiger partial charge is 0.272 e. The van der Waals surface area contributed by atoms with E-state index in [1.54, 1.807) is 34.6 Å². The summed E-state index contributed by atoms with van der Waals surface area (Å²) in [6.07, 6.45) is 6.89. The van der Waals surface area contributed by atoms with E-state index < -0.39 is 0 Å². The van der Waals surface area contributed by atoms with Crippen molar-refractivity contribution >= 4 is 23.2 Å². The van der Waals surface area contributed by atoms with Gasteiger partial charge in [-0.25, -0.2) is 9.97 Å². The lowest BCUT2D eigenvalue weighted by Crippen LogP contribution is -2.33. The Labute approximate surface area is 185 Å². The van der Waals surface area contributed by atoms with Crippen molar-refractivity contribution in [3.63, 3.8) is 0 Å². The fourth-order valence-electron chi connectivity index (χ4n) is 3.46. The topological polar surface area (TPSA) is 120 Å². The van der Waals surface area contributed by atoms with Crippen LogP contribution in [0.15, 0.2) is 30.9 Å². The van der Waals surface area contributed by atoms with Crippen LogP contribution in [0, 0.1) is 13.8 Å². The van der Waals surface area contributed by atoms with E-state index in [0.29, 0.717) is 30.0 Å². The third kappa shape index (κ3) is 5.09. The number of carbonyl (C=O) groups excluding carboxylic acids is 1. The minimum absolute atomic E-state index is 0.243. The second-order valence-electron chi connectivity index (χ2n) is 7.61. The summed E-state index contributed by atoms with van der Waals surface area (Å²) < 4.78 is 7.15. The van der Waals surface area contributed by atoms with Gasteiger partial charge in [0.2, 0.25) is 5.95 Å². The fraction of sp³-hybridized carbons (Fsp3) is 0.429. The Morgan fingerprint density at radius 1 is 1.32 bits per heavy atom. The van der Waals surface area contributed by atoms with Gasteiger partial charge in [0, 0.05) is 53.5 Å². The molecule has 1 unspecified atom stereocenters. The van der Waals surface area contributed by atoms with E-state index in [9.17, 15) is 4.79 Å². The number of ether oxygens (including phenoxy) is 1. The summed E-state index contributed by atoms with van der Waals surface area (Å²) in [5.41, 5.74) is 7.08. The van der Waals surface area contributed by atoms with E-state index in [1.165, 1.54) is 4.88 Å². The highest BCUT2D eigenvalue weighted by molar-refractivity contribution is 7.12. The maximum absolute atomic E-state index is 12.8. The molecule has 1 fully saturated rings. The van der Waals surface area contributed by atoms with Crippen LogP contribution in [0.3, 0.4) is 0 Å². The first-order valence-corrected chi connectivity index (χ1v) is 11.1. The van der Waals surface area contributed by atoms with E-state index in [4.69, 9.17) is 10.5 Å². The number of nitrogens with two attached hydrogens (primary N) is 1. The van der Waals surface area contributed by atoms with Gasteiger partial charge in [-0.1, -0.05) is 0 Å². The summed E-state index contributed by atoms with van der Waals surface area (Å²) in [4.78, 5) is 28.3. The van der Waals surface area contributed by atoms with Gasteiger partial charge in [0.05, 0.1) is 6.04 Å². The molecule has 0 bridgehead atoms. The number of amides is 1. The predicted molar refractivity (Wildman–Crippen MR) is 120 cm³/mol. The third-order valence-corrected chi connectivity index (χ3v) is 6.32. The number of carbonyl (C=O) groups is 1. The molecule has 4 N–H and O–H groups in total. The van der Waals surface area contributed by atoms with Crippen LogP contribution in [0.4, 0.5) is 5.95 Å². The van der Waals surface area contributed by atoms with E-state index in [0.717, 1.165) is 36.5 Å². The monoisotopic (exact) mass is 441 g/mol. The van der Waals surface area contributed by atoms with Crippen LogP contribution in [0.2, 0.25) is 0 Å². The number of nitrogens with zero attached hydrogens (tertiary/aromatic N) is 4. The van der Waals surface area contributed by atoms with Crippen LogP contribution in [0.5, 0.6) is 0 Å². The first-order chi connectivity index (χ1) is 15.0. The number of nitrogens with one attached hydrogen (secondary N) is 2. The molecule has 1 amide bonds. The quantitative estimate of drug-likeness (QED) is 0.515. The molecule has 1 aliphatic heterocycles. The van der Waals surface area contributed by atoms with Gasteiger partial charge in [0.25, 0.3) is 5.91 Å². The first kappa shape index (κ1) is 21.4. The molecular formula is C21H27N7O2S. The average Bonchev–Trinajstić information content (AvgIpc) is 3.43. The van der Waals surface area contributed by atoms with Crippen LogP contribution in [-0.2, 0) is 4.74 Å². The highest BCUT2D eigenvalue weighted by Crippen LogP contribution is 2.22. The van der Waals surface area contributed by atoms with Crippen molar-refractivity contribution in [2.24, 2.45) is 5.73 Å². The number of hydrogen-bond donors (Lipinski definition) is 3. The fourth-order valence-corrected chi connectivity index (χ4v) is 4.40. The first-order valence-electron chi connectivity index (χ1n) is 10.3. The number of anilines is 1. The highest BCUT2D eigenvalue weighted by atomic mass is 32.1. The number of aromatic nitrogens is 4. The molecule has 4 rings (SSSR count). The Morgan fingerprint density at radius 3 is 2.84 bits per heavy atom. The lowest BCUT2D eigenvalue weighted by molar-refractivity contribution is 0.0903. The summed E-state index contributed by atoms with van der Waals surface area (Å²) in [6, 6.07) is 4.07. The molecule has 1 atom stereocenters. The van der Waals surface area contributed by atoms with Crippen molar-refractivity contribution in [3.8, 4) is 5.82 Å². The second kappa shape index (κ2) is 9.54. The molecule has 31 heavy (non-hydrogen) atoms. The largest absolute Gasteiger partial charge is 0.381 e. The average molecular weight is 442 g/mol. The zero-order valence-corrected chi connectivity index (χ0v) is 18.5. The molecule has 3 aromatic rings. The van der Waals surface area contributed by atoms with Gasteiger partial charge >= 0.3 is 0 Å². The maximum atomic E-state index is 12.8. The van der Waals surface area contributed by atoms with Gasteiger partial charge < -0.3 is 21.1 Å². The van der Waals surface area contributed by atoms with Crippen molar-refractivity contribution in [2.75, 3.05) is 25.1 Å². The van der Waals surface area contributed by atoms with Crippen LogP contribution in [0.25, 0.3) is 5.82 Å². The molecule has 164 valence electrons. The summed E-state index contributed by atoms with van der Waals surface area (Å²) in [6.45, 7) is 5.76. The minimum atomic E-state index is -0.271. The van der Waals surface area contributed by atoms with Gasteiger partial charge in [0.1, 0.15) is 17.8 Å². The zero-order valence-electron chi connectivity index (χ0n) is 17.7. The molecule has 0 spiro atoms. The van der Waals surface area contributed by atoms with Gasteiger partial charge in [-0.05, 0) is 38.8 Å². The number of thiophene rings is 1. The van der Waals surface area contributed by atoms with Crippen molar-refractivity contribution < 1.29 is 9.53 Å². The number of aryl methyl sites for hydroxylation is 2. The Balaban J connectivity index is 1.48. The van der Waals surface area contributed by atoms with Crippen LogP contribution >= 0.6 is 11.3 Å². The summed E-state index contributed by atoms with van der Waals surface area (Å²) in [5.74, 6) is 0.969. The van der Waals surface area contributed by atoms with E-state index in [1.807, 2.05) is 26.0 Å².